The standard InChI is InChI=1S/C13H23N3/c1-5-14-8-12-6-7-13(12)16-11(4)9(2)10(3)15-16/h12-14H,5-8H2,1-4H3. The van der Waals surface area contributed by atoms with Crippen molar-refractivity contribution in [2.75, 3.05) is 13.1 Å². The number of aromatic nitrogens is 2. The molecule has 2 atom stereocenters. The molecule has 0 radical (unpaired) electrons. The van der Waals surface area contributed by atoms with E-state index in [1.807, 2.05) is 0 Å². The van der Waals surface area contributed by atoms with Crippen molar-refractivity contribution in [1.29, 1.82) is 0 Å². The number of hydrogen-bond donors (Lipinski definition) is 1. The van der Waals surface area contributed by atoms with E-state index in [9.17, 15) is 0 Å². The molecule has 1 aliphatic rings. The van der Waals surface area contributed by atoms with Crippen molar-refractivity contribution < 1.29 is 0 Å². The maximum absolute atomic E-state index is 4.68. The van der Waals surface area contributed by atoms with Crippen molar-refractivity contribution in [2.45, 2.75) is 46.6 Å². The molecule has 90 valence electrons. The Morgan fingerprint density at radius 3 is 2.50 bits per heavy atom. The van der Waals surface area contributed by atoms with Gasteiger partial charge in [-0.2, -0.15) is 5.10 Å². The Morgan fingerprint density at radius 1 is 1.31 bits per heavy atom. The first-order valence-corrected chi connectivity index (χ1v) is 6.38. The lowest BCUT2D eigenvalue weighted by Crippen LogP contribution is -2.37. The molecular weight excluding hydrogens is 198 g/mol. The van der Waals surface area contributed by atoms with E-state index in [1.54, 1.807) is 0 Å². The van der Waals surface area contributed by atoms with E-state index in [1.165, 1.54) is 29.8 Å². The number of nitrogens with one attached hydrogen (secondary N) is 1. The molecule has 1 heterocycles. The van der Waals surface area contributed by atoms with E-state index in [0.717, 1.165) is 19.0 Å². The van der Waals surface area contributed by atoms with Gasteiger partial charge in [0, 0.05) is 5.69 Å². The zero-order valence-corrected chi connectivity index (χ0v) is 10.9. The molecule has 0 saturated heterocycles. The van der Waals surface area contributed by atoms with Crippen molar-refractivity contribution in [3.8, 4) is 0 Å². The lowest BCUT2D eigenvalue weighted by atomic mass is 9.79. The molecule has 1 aliphatic carbocycles. The Hall–Kier alpha value is -0.830. The highest BCUT2D eigenvalue weighted by molar-refractivity contribution is 5.23. The minimum Gasteiger partial charge on any atom is -0.317 e. The van der Waals surface area contributed by atoms with Crippen molar-refractivity contribution in [3.05, 3.63) is 17.0 Å². The van der Waals surface area contributed by atoms with Crippen LogP contribution in [0.25, 0.3) is 0 Å². The molecule has 1 aromatic rings. The summed E-state index contributed by atoms with van der Waals surface area (Å²) in [6.07, 6.45) is 2.63. The summed E-state index contributed by atoms with van der Waals surface area (Å²) in [7, 11) is 0. The fourth-order valence-electron chi connectivity index (χ4n) is 2.51. The molecule has 1 saturated carbocycles. The van der Waals surface area contributed by atoms with Crippen LogP contribution >= 0.6 is 0 Å². The third kappa shape index (κ3) is 1.88. The highest BCUT2D eigenvalue weighted by atomic mass is 15.3. The van der Waals surface area contributed by atoms with Gasteiger partial charge in [0.2, 0.25) is 0 Å². The van der Waals surface area contributed by atoms with Gasteiger partial charge in [0.05, 0.1) is 11.7 Å². The molecule has 2 unspecified atom stereocenters. The lowest BCUT2D eigenvalue weighted by molar-refractivity contribution is 0.161. The predicted molar refractivity (Wildman–Crippen MR) is 66.7 cm³/mol. The van der Waals surface area contributed by atoms with Gasteiger partial charge >= 0.3 is 0 Å². The number of aryl methyl sites for hydroxylation is 1. The quantitative estimate of drug-likeness (QED) is 0.846. The third-order valence-corrected chi connectivity index (χ3v) is 4.03. The summed E-state index contributed by atoms with van der Waals surface area (Å²) in [5.41, 5.74) is 3.89. The van der Waals surface area contributed by atoms with Crippen LogP contribution in [0.3, 0.4) is 0 Å². The maximum Gasteiger partial charge on any atom is 0.0625 e. The molecule has 0 aliphatic heterocycles. The van der Waals surface area contributed by atoms with Crippen LogP contribution in [-0.2, 0) is 0 Å². The van der Waals surface area contributed by atoms with Crippen LogP contribution in [-0.4, -0.2) is 22.9 Å². The molecular formula is C13H23N3. The normalized spacial score (nSPS) is 24.5. The van der Waals surface area contributed by atoms with Crippen LogP contribution in [0.1, 0.15) is 42.8 Å². The highest BCUT2D eigenvalue weighted by Gasteiger charge is 2.33. The third-order valence-electron chi connectivity index (χ3n) is 4.03. The fourth-order valence-corrected chi connectivity index (χ4v) is 2.51. The smallest absolute Gasteiger partial charge is 0.0625 e. The molecule has 3 heteroatoms. The van der Waals surface area contributed by atoms with Gasteiger partial charge in [-0.25, -0.2) is 0 Å². The summed E-state index contributed by atoms with van der Waals surface area (Å²) in [5, 5.41) is 8.13. The highest BCUT2D eigenvalue weighted by Crippen LogP contribution is 2.39. The van der Waals surface area contributed by atoms with Gasteiger partial charge < -0.3 is 5.32 Å². The molecule has 0 spiro atoms. The number of hydrogen-bond acceptors (Lipinski definition) is 2. The summed E-state index contributed by atoms with van der Waals surface area (Å²) in [6.45, 7) is 10.8. The van der Waals surface area contributed by atoms with Crippen LogP contribution < -0.4 is 5.32 Å². The van der Waals surface area contributed by atoms with Gasteiger partial charge in [-0.05, 0) is 58.2 Å². The molecule has 3 nitrogen and oxygen atoms in total. The minimum atomic E-state index is 0.631. The van der Waals surface area contributed by atoms with Crippen LogP contribution in [0.4, 0.5) is 0 Å². The van der Waals surface area contributed by atoms with E-state index < -0.39 is 0 Å². The maximum atomic E-state index is 4.68. The lowest BCUT2D eigenvalue weighted by Gasteiger charge is -2.37. The molecule has 2 rings (SSSR count). The second kappa shape index (κ2) is 4.58. The molecule has 16 heavy (non-hydrogen) atoms. The van der Waals surface area contributed by atoms with Gasteiger partial charge in [-0.15, -0.1) is 0 Å². The first-order valence-electron chi connectivity index (χ1n) is 6.38. The minimum absolute atomic E-state index is 0.631. The zero-order valence-electron chi connectivity index (χ0n) is 10.9. The van der Waals surface area contributed by atoms with Crippen LogP contribution in [0, 0.1) is 26.7 Å². The van der Waals surface area contributed by atoms with E-state index in [4.69, 9.17) is 0 Å². The van der Waals surface area contributed by atoms with Gasteiger partial charge in [0.15, 0.2) is 0 Å². The average molecular weight is 221 g/mol. The molecule has 0 bridgehead atoms. The summed E-state index contributed by atoms with van der Waals surface area (Å²) >= 11 is 0. The molecule has 0 aromatic carbocycles. The van der Waals surface area contributed by atoms with Crippen LogP contribution in [0.5, 0.6) is 0 Å². The van der Waals surface area contributed by atoms with Crippen molar-refractivity contribution in [1.82, 2.24) is 15.1 Å². The molecule has 1 fully saturated rings. The first kappa shape index (κ1) is 11.6. The first-order chi connectivity index (χ1) is 7.65. The molecule has 1 N–H and O–H groups in total. The Balaban J connectivity index is 2.09. The fraction of sp³-hybridized carbons (Fsp3) is 0.769. The Labute approximate surface area is 98.2 Å². The Bertz CT molecular complexity index is 367. The Morgan fingerprint density at radius 2 is 2.06 bits per heavy atom. The average Bonchev–Trinajstić information content (AvgIpc) is 2.46. The van der Waals surface area contributed by atoms with Gasteiger partial charge in [-0.1, -0.05) is 6.92 Å². The van der Waals surface area contributed by atoms with Crippen molar-refractivity contribution in [2.24, 2.45) is 5.92 Å². The van der Waals surface area contributed by atoms with E-state index >= 15 is 0 Å². The van der Waals surface area contributed by atoms with Crippen molar-refractivity contribution >= 4 is 0 Å². The second-order valence-electron chi connectivity index (χ2n) is 4.95. The summed E-state index contributed by atoms with van der Waals surface area (Å²) in [4.78, 5) is 0. The van der Waals surface area contributed by atoms with E-state index in [2.05, 4.69) is 42.8 Å². The topological polar surface area (TPSA) is 29.9 Å². The summed E-state index contributed by atoms with van der Waals surface area (Å²) in [6, 6.07) is 0.631. The monoisotopic (exact) mass is 221 g/mol. The van der Waals surface area contributed by atoms with E-state index in [-0.39, 0.29) is 0 Å². The van der Waals surface area contributed by atoms with E-state index in [0.29, 0.717) is 6.04 Å². The number of rotatable bonds is 4. The second-order valence-corrected chi connectivity index (χ2v) is 4.95. The van der Waals surface area contributed by atoms with Crippen LogP contribution in [0.15, 0.2) is 0 Å². The predicted octanol–water partition coefficient (Wildman–Crippen LogP) is 2.37. The summed E-state index contributed by atoms with van der Waals surface area (Å²) < 4.78 is 2.26. The zero-order chi connectivity index (χ0) is 11.7. The SMILES string of the molecule is CCNCC1CCC1n1nc(C)c(C)c1C. The van der Waals surface area contributed by atoms with Gasteiger partial charge in [-0.3, -0.25) is 4.68 Å². The Kier molecular flexibility index (Phi) is 3.33. The number of nitrogens with zero attached hydrogens (tertiary/aromatic N) is 2. The van der Waals surface area contributed by atoms with Crippen LogP contribution in [0.2, 0.25) is 0 Å². The molecule has 0 amide bonds. The largest absolute Gasteiger partial charge is 0.317 e. The van der Waals surface area contributed by atoms with Crippen molar-refractivity contribution in [3.63, 3.8) is 0 Å². The molecule has 1 aromatic heterocycles. The van der Waals surface area contributed by atoms with Gasteiger partial charge in [0.25, 0.3) is 0 Å². The van der Waals surface area contributed by atoms with Gasteiger partial charge in [0.1, 0.15) is 0 Å². The summed E-state index contributed by atoms with van der Waals surface area (Å²) in [5.74, 6) is 0.775.